The molecule has 0 aliphatic rings. The first-order valence-corrected chi connectivity index (χ1v) is 10.5. The Morgan fingerprint density at radius 2 is 0.957 bits per heavy atom. The second kappa shape index (κ2) is 17.8. The molecule has 0 aromatic heterocycles. The van der Waals surface area contributed by atoms with Gasteiger partial charge in [-0.15, -0.1) is 0 Å². The molecule has 0 fully saturated rings. The average Bonchev–Trinajstić information content (AvgIpc) is 2.54. The van der Waals surface area contributed by atoms with Crippen molar-refractivity contribution in [2.45, 2.75) is 123 Å². The first-order chi connectivity index (χ1) is 11.2. The van der Waals surface area contributed by atoms with Crippen molar-refractivity contribution in [1.29, 1.82) is 0 Å². The van der Waals surface area contributed by atoms with Gasteiger partial charge in [0.25, 0.3) is 0 Å². The standard InChI is InChI=1S/C21H43NO/c1-3-4-5-6-7-8-9-10-11-12-13-14-15-16-17-18-19-20(2)21(22)23/h20H,3-19H2,1-2H3,(H2,22,23). The van der Waals surface area contributed by atoms with Gasteiger partial charge in [0.05, 0.1) is 0 Å². The summed E-state index contributed by atoms with van der Waals surface area (Å²) in [5.41, 5.74) is 5.26. The van der Waals surface area contributed by atoms with Gasteiger partial charge < -0.3 is 5.73 Å². The summed E-state index contributed by atoms with van der Waals surface area (Å²) in [6.45, 7) is 4.22. The molecular formula is C21H43NO. The summed E-state index contributed by atoms with van der Waals surface area (Å²) in [4.78, 5) is 10.9. The molecule has 2 N–H and O–H groups in total. The predicted octanol–water partition coefficient (Wildman–Crippen LogP) is 6.76. The summed E-state index contributed by atoms with van der Waals surface area (Å²) >= 11 is 0. The highest BCUT2D eigenvalue weighted by Crippen LogP contribution is 2.15. The second-order valence-corrected chi connectivity index (χ2v) is 7.40. The van der Waals surface area contributed by atoms with E-state index < -0.39 is 0 Å². The van der Waals surface area contributed by atoms with Crippen molar-refractivity contribution in [3.05, 3.63) is 0 Å². The van der Waals surface area contributed by atoms with Crippen molar-refractivity contribution >= 4 is 5.91 Å². The van der Waals surface area contributed by atoms with Crippen molar-refractivity contribution in [1.82, 2.24) is 0 Å². The van der Waals surface area contributed by atoms with Gasteiger partial charge in [0.2, 0.25) is 5.91 Å². The molecule has 1 atom stereocenters. The zero-order chi connectivity index (χ0) is 17.2. The number of amides is 1. The Balaban J connectivity index is 3.04. The topological polar surface area (TPSA) is 43.1 Å². The van der Waals surface area contributed by atoms with E-state index in [0.717, 1.165) is 12.8 Å². The lowest BCUT2D eigenvalue weighted by atomic mass is 10.0. The van der Waals surface area contributed by atoms with Crippen LogP contribution in [0.5, 0.6) is 0 Å². The normalized spacial score (nSPS) is 12.4. The first kappa shape index (κ1) is 22.5. The number of hydrogen-bond donors (Lipinski definition) is 1. The molecular weight excluding hydrogens is 282 g/mol. The van der Waals surface area contributed by atoms with Crippen LogP contribution in [-0.4, -0.2) is 5.91 Å². The number of nitrogens with two attached hydrogens (primary N) is 1. The Hall–Kier alpha value is -0.530. The number of unbranched alkanes of at least 4 members (excludes halogenated alkanes) is 15. The largest absolute Gasteiger partial charge is 0.369 e. The summed E-state index contributed by atoms with van der Waals surface area (Å²) in [6, 6.07) is 0. The lowest BCUT2D eigenvalue weighted by molar-refractivity contribution is -0.121. The molecule has 0 radical (unpaired) electrons. The van der Waals surface area contributed by atoms with E-state index in [4.69, 9.17) is 5.73 Å². The molecule has 138 valence electrons. The van der Waals surface area contributed by atoms with E-state index in [1.54, 1.807) is 0 Å². The van der Waals surface area contributed by atoms with Gasteiger partial charge >= 0.3 is 0 Å². The van der Waals surface area contributed by atoms with Gasteiger partial charge in [-0.2, -0.15) is 0 Å². The smallest absolute Gasteiger partial charge is 0.220 e. The number of rotatable bonds is 18. The van der Waals surface area contributed by atoms with Crippen LogP contribution in [0.1, 0.15) is 123 Å². The maximum Gasteiger partial charge on any atom is 0.220 e. The minimum absolute atomic E-state index is 0.0571. The first-order valence-electron chi connectivity index (χ1n) is 10.5. The third-order valence-corrected chi connectivity index (χ3v) is 4.98. The second-order valence-electron chi connectivity index (χ2n) is 7.40. The minimum atomic E-state index is -0.147. The summed E-state index contributed by atoms with van der Waals surface area (Å²) in [7, 11) is 0. The van der Waals surface area contributed by atoms with Crippen LogP contribution in [0.15, 0.2) is 0 Å². The Bertz CT molecular complexity index is 252. The van der Waals surface area contributed by atoms with Crippen LogP contribution in [-0.2, 0) is 4.79 Å². The highest BCUT2D eigenvalue weighted by Gasteiger charge is 2.06. The fraction of sp³-hybridized carbons (Fsp3) is 0.952. The number of primary amides is 1. The third-order valence-electron chi connectivity index (χ3n) is 4.98. The summed E-state index contributed by atoms with van der Waals surface area (Å²) in [6.07, 6.45) is 23.2. The lowest BCUT2D eigenvalue weighted by Crippen LogP contribution is -2.20. The molecule has 0 saturated heterocycles. The van der Waals surface area contributed by atoms with Crippen LogP contribution in [0.2, 0.25) is 0 Å². The molecule has 0 aromatic carbocycles. The highest BCUT2D eigenvalue weighted by atomic mass is 16.1. The van der Waals surface area contributed by atoms with Gasteiger partial charge in [-0.05, 0) is 6.42 Å². The van der Waals surface area contributed by atoms with Crippen molar-refractivity contribution in [3.8, 4) is 0 Å². The maximum atomic E-state index is 10.9. The fourth-order valence-corrected chi connectivity index (χ4v) is 3.14. The molecule has 0 aliphatic heterocycles. The van der Waals surface area contributed by atoms with E-state index >= 15 is 0 Å². The summed E-state index contributed by atoms with van der Waals surface area (Å²) in [5.74, 6) is -0.0902. The zero-order valence-electron chi connectivity index (χ0n) is 16.1. The number of carbonyl (C=O) groups is 1. The third kappa shape index (κ3) is 17.7. The molecule has 1 amide bonds. The van der Waals surface area contributed by atoms with Gasteiger partial charge in [-0.3, -0.25) is 4.79 Å². The Kier molecular flexibility index (Phi) is 17.4. The molecule has 0 spiro atoms. The Labute approximate surface area is 146 Å². The van der Waals surface area contributed by atoms with Gasteiger partial charge in [-0.1, -0.05) is 117 Å². The molecule has 2 heteroatoms. The molecule has 0 heterocycles. The van der Waals surface area contributed by atoms with Gasteiger partial charge in [0.1, 0.15) is 0 Å². The molecule has 0 rings (SSSR count). The van der Waals surface area contributed by atoms with Crippen molar-refractivity contribution in [3.63, 3.8) is 0 Å². The molecule has 0 bridgehead atoms. The van der Waals surface area contributed by atoms with E-state index in [-0.39, 0.29) is 11.8 Å². The van der Waals surface area contributed by atoms with Crippen molar-refractivity contribution in [2.75, 3.05) is 0 Å². The monoisotopic (exact) mass is 325 g/mol. The van der Waals surface area contributed by atoms with E-state index in [9.17, 15) is 4.79 Å². The van der Waals surface area contributed by atoms with Crippen LogP contribution in [0.25, 0.3) is 0 Å². The fourth-order valence-electron chi connectivity index (χ4n) is 3.14. The van der Waals surface area contributed by atoms with Gasteiger partial charge in [0.15, 0.2) is 0 Å². The van der Waals surface area contributed by atoms with Crippen LogP contribution in [0.3, 0.4) is 0 Å². The molecule has 0 aromatic rings. The van der Waals surface area contributed by atoms with Crippen molar-refractivity contribution < 1.29 is 4.79 Å². The minimum Gasteiger partial charge on any atom is -0.369 e. The van der Waals surface area contributed by atoms with Crippen molar-refractivity contribution in [2.24, 2.45) is 11.7 Å². The SMILES string of the molecule is CCCCCCCCCCCCCCCCCCC(C)C(N)=O. The molecule has 1 unspecified atom stereocenters. The predicted molar refractivity (Wildman–Crippen MR) is 103 cm³/mol. The van der Waals surface area contributed by atoms with Crippen LogP contribution in [0.4, 0.5) is 0 Å². The van der Waals surface area contributed by atoms with Crippen LogP contribution < -0.4 is 5.73 Å². The summed E-state index contributed by atoms with van der Waals surface area (Å²) < 4.78 is 0. The van der Waals surface area contributed by atoms with Crippen LogP contribution in [0, 0.1) is 5.92 Å². The van der Waals surface area contributed by atoms with E-state index in [1.165, 1.54) is 96.3 Å². The summed E-state index contributed by atoms with van der Waals surface area (Å²) in [5, 5.41) is 0. The molecule has 0 aliphatic carbocycles. The lowest BCUT2D eigenvalue weighted by Gasteiger charge is -2.06. The number of carbonyl (C=O) groups excluding carboxylic acids is 1. The van der Waals surface area contributed by atoms with E-state index in [1.807, 2.05) is 6.92 Å². The quantitative estimate of drug-likeness (QED) is 0.278. The Morgan fingerprint density at radius 1 is 0.652 bits per heavy atom. The Morgan fingerprint density at radius 3 is 1.26 bits per heavy atom. The van der Waals surface area contributed by atoms with Gasteiger partial charge in [0, 0.05) is 5.92 Å². The van der Waals surface area contributed by atoms with Gasteiger partial charge in [-0.25, -0.2) is 0 Å². The number of hydrogen-bond acceptors (Lipinski definition) is 1. The molecule has 23 heavy (non-hydrogen) atoms. The van der Waals surface area contributed by atoms with E-state index in [0.29, 0.717) is 0 Å². The molecule has 0 saturated carbocycles. The zero-order valence-corrected chi connectivity index (χ0v) is 16.1. The average molecular weight is 326 g/mol. The van der Waals surface area contributed by atoms with E-state index in [2.05, 4.69) is 6.92 Å². The highest BCUT2D eigenvalue weighted by molar-refractivity contribution is 5.76. The maximum absolute atomic E-state index is 10.9. The van der Waals surface area contributed by atoms with Crippen LogP contribution >= 0.6 is 0 Å². The molecule has 2 nitrogen and oxygen atoms in total.